The Morgan fingerprint density at radius 1 is 0.826 bits per heavy atom. The molecule has 0 atom stereocenters. The van der Waals surface area contributed by atoms with Crippen molar-refractivity contribution in [2.75, 3.05) is 14.2 Å². The highest BCUT2D eigenvalue weighted by atomic mass is 16.5. The second-order valence-electron chi connectivity index (χ2n) is 5.38. The minimum absolute atomic E-state index is 0.687. The zero-order chi connectivity index (χ0) is 15.8. The fraction of sp³-hybridized carbons (Fsp3) is 0.100. The quantitative estimate of drug-likeness (QED) is 0.699. The maximum atomic E-state index is 6.13. The molecule has 0 aromatic heterocycles. The van der Waals surface area contributed by atoms with Crippen molar-refractivity contribution in [2.24, 2.45) is 0 Å². The minimum Gasteiger partial charge on any atom is -0.493 e. The first-order valence-electron chi connectivity index (χ1n) is 7.44. The summed E-state index contributed by atoms with van der Waals surface area (Å²) in [5, 5.41) is 2.34. The number of rotatable bonds is 3. The molecule has 3 heteroatoms. The zero-order valence-corrected chi connectivity index (χ0v) is 13.0. The maximum Gasteiger partial charge on any atom is 0.161 e. The summed E-state index contributed by atoms with van der Waals surface area (Å²) >= 11 is 0. The van der Waals surface area contributed by atoms with Gasteiger partial charge in [0.05, 0.1) is 14.2 Å². The van der Waals surface area contributed by atoms with Gasteiger partial charge in [0.25, 0.3) is 0 Å². The monoisotopic (exact) mass is 304 g/mol. The van der Waals surface area contributed by atoms with Crippen LogP contribution in [-0.4, -0.2) is 14.2 Å². The second-order valence-corrected chi connectivity index (χ2v) is 5.38. The molecule has 0 saturated carbocycles. The Bertz CT molecular complexity index is 920. The normalized spacial score (nSPS) is 12.5. The van der Waals surface area contributed by atoms with Gasteiger partial charge < -0.3 is 14.2 Å². The van der Waals surface area contributed by atoms with Crippen LogP contribution in [0.25, 0.3) is 22.6 Å². The fourth-order valence-electron chi connectivity index (χ4n) is 2.96. The van der Waals surface area contributed by atoms with Crippen LogP contribution in [0.4, 0.5) is 0 Å². The molecule has 1 heterocycles. The zero-order valence-electron chi connectivity index (χ0n) is 13.0. The van der Waals surface area contributed by atoms with E-state index in [1.807, 2.05) is 30.3 Å². The first-order chi connectivity index (χ1) is 11.3. The van der Waals surface area contributed by atoms with Crippen molar-refractivity contribution in [3.8, 4) is 17.2 Å². The summed E-state index contributed by atoms with van der Waals surface area (Å²) in [6, 6.07) is 18.2. The molecule has 0 radical (unpaired) electrons. The Morgan fingerprint density at radius 2 is 1.61 bits per heavy atom. The molecule has 0 spiro atoms. The third-order valence-corrected chi connectivity index (χ3v) is 4.07. The first kappa shape index (κ1) is 13.7. The third-order valence-electron chi connectivity index (χ3n) is 4.07. The molecule has 0 aliphatic carbocycles. The van der Waals surface area contributed by atoms with Crippen LogP contribution in [-0.2, 0) is 0 Å². The van der Waals surface area contributed by atoms with Gasteiger partial charge in [0.1, 0.15) is 11.5 Å². The van der Waals surface area contributed by atoms with Gasteiger partial charge in [-0.2, -0.15) is 0 Å². The largest absolute Gasteiger partial charge is 0.493 e. The molecule has 0 unspecified atom stereocenters. The van der Waals surface area contributed by atoms with Crippen molar-refractivity contribution < 1.29 is 14.2 Å². The molecule has 3 aromatic carbocycles. The van der Waals surface area contributed by atoms with Crippen LogP contribution in [0.5, 0.6) is 17.2 Å². The SMILES string of the molecule is COc1ccc(C2=Cc3cccc4cccc(c34)O2)cc1OC. The second kappa shape index (κ2) is 5.36. The van der Waals surface area contributed by atoms with Crippen LogP contribution in [0, 0.1) is 0 Å². The van der Waals surface area contributed by atoms with Crippen LogP contribution in [0.3, 0.4) is 0 Å². The molecule has 0 fully saturated rings. The lowest BCUT2D eigenvalue weighted by Crippen LogP contribution is -2.01. The van der Waals surface area contributed by atoms with Gasteiger partial charge in [-0.3, -0.25) is 0 Å². The van der Waals surface area contributed by atoms with Crippen LogP contribution in [0.15, 0.2) is 54.6 Å². The smallest absolute Gasteiger partial charge is 0.161 e. The average molecular weight is 304 g/mol. The van der Waals surface area contributed by atoms with Gasteiger partial charge >= 0.3 is 0 Å². The summed E-state index contributed by atoms with van der Waals surface area (Å²) in [7, 11) is 3.26. The summed E-state index contributed by atoms with van der Waals surface area (Å²) in [5.74, 6) is 3.07. The molecule has 1 aliphatic rings. The summed E-state index contributed by atoms with van der Waals surface area (Å²) in [5.41, 5.74) is 2.11. The Morgan fingerprint density at radius 3 is 2.39 bits per heavy atom. The van der Waals surface area contributed by atoms with Gasteiger partial charge in [-0.25, -0.2) is 0 Å². The van der Waals surface area contributed by atoms with Crippen LogP contribution >= 0.6 is 0 Å². The van der Waals surface area contributed by atoms with Crippen molar-refractivity contribution in [2.45, 2.75) is 0 Å². The summed E-state index contributed by atoms with van der Waals surface area (Å²) in [6.45, 7) is 0. The highest BCUT2D eigenvalue weighted by Gasteiger charge is 2.17. The Hall–Kier alpha value is -2.94. The molecule has 0 amide bonds. The molecular formula is C20H16O3. The van der Waals surface area contributed by atoms with E-state index in [9.17, 15) is 0 Å². The minimum atomic E-state index is 0.687. The Kier molecular flexibility index (Phi) is 3.19. The van der Waals surface area contributed by atoms with Crippen molar-refractivity contribution in [3.05, 3.63) is 65.7 Å². The van der Waals surface area contributed by atoms with Gasteiger partial charge in [-0.15, -0.1) is 0 Å². The number of benzene rings is 3. The molecule has 0 bridgehead atoms. The molecule has 0 saturated heterocycles. The maximum absolute atomic E-state index is 6.13. The van der Waals surface area contributed by atoms with E-state index in [1.165, 1.54) is 5.39 Å². The van der Waals surface area contributed by atoms with Crippen molar-refractivity contribution in [3.63, 3.8) is 0 Å². The van der Waals surface area contributed by atoms with Crippen LogP contribution in [0.2, 0.25) is 0 Å². The predicted octanol–water partition coefficient (Wildman–Crippen LogP) is 4.75. The first-order valence-corrected chi connectivity index (χ1v) is 7.44. The summed E-state index contributed by atoms with van der Waals surface area (Å²) in [6.07, 6.45) is 2.07. The molecule has 3 nitrogen and oxygen atoms in total. The topological polar surface area (TPSA) is 27.7 Å². The van der Waals surface area contributed by atoms with E-state index in [4.69, 9.17) is 14.2 Å². The summed E-state index contributed by atoms with van der Waals surface area (Å²) < 4.78 is 16.8. The molecule has 4 rings (SSSR count). The highest BCUT2D eigenvalue weighted by Crippen LogP contribution is 2.39. The van der Waals surface area contributed by atoms with E-state index >= 15 is 0 Å². The van der Waals surface area contributed by atoms with E-state index in [1.54, 1.807) is 14.2 Å². The van der Waals surface area contributed by atoms with Crippen LogP contribution in [0.1, 0.15) is 11.1 Å². The van der Waals surface area contributed by atoms with Gasteiger partial charge in [0.2, 0.25) is 0 Å². The standard InChI is InChI=1S/C20H16O3/c1-21-16-10-9-14(11-19(16)22-2)18-12-15-7-3-5-13-6-4-8-17(23-18)20(13)15/h3-12H,1-2H3. The van der Waals surface area contributed by atoms with Crippen LogP contribution < -0.4 is 14.2 Å². The molecule has 0 N–H and O–H groups in total. The molecule has 23 heavy (non-hydrogen) atoms. The van der Waals surface area contributed by atoms with E-state index in [-0.39, 0.29) is 0 Å². The van der Waals surface area contributed by atoms with Crippen molar-refractivity contribution in [1.82, 2.24) is 0 Å². The average Bonchev–Trinajstić information content (AvgIpc) is 2.61. The van der Waals surface area contributed by atoms with Gasteiger partial charge in [0.15, 0.2) is 11.5 Å². The third kappa shape index (κ3) is 2.21. The van der Waals surface area contributed by atoms with E-state index in [0.717, 1.165) is 28.0 Å². The number of hydrogen-bond donors (Lipinski definition) is 0. The van der Waals surface area contributed by atoms with Gasteiger partial charge in [-0.05, 0) is 41.3 Å². The van der Waals surface area contributed by atoms with E-state index < -0.39 is 0 Å². The molecule has 114 valence electrons. The predicted molar refractivity (Wildman–Crippen MR) is 92.0 cm³/mol. The number of ether oxygens (including phenoxy) is 3. The highest BCUT2D eigenvalue weighted by molar-refractivity contribution is 6.01. The molecule has 3 aromatic rings. The van der Waals surface area contributed by atoms with Crippen molar-refractivity contribution >= 4 is 22.6 Å². The lowest BCUT2D eigenvalue weighted by molar-refractivity contribution is 0.354. The Balaban J connectivity index is 1.85. The van der Waals surface area contributed by atoms with Crippen molar-refractivity contribution in [1.29, 1.82) is 0 Å². The van der Waals surface area contributed by atoms with Gasteiger partial charge in [0, 0.05) is 10.9 Å². The lowest BCUT2D eigenvalue weighted by atomic mass is 9.99. The molecule has 1 aliphatic heterocycles. The van der Waals surface area contributed by atoms with Gasteiger partial charge in [-0.1, -0.05) is 30.3 Å². The number of methoxy groups -OCH3 is 2. The lowest BCUT2D eigenvalue weighted by Gasteiger charge is -2.19. The Labute approximate surface area is 134 Å². The fourth-order valence-corrected chi connectivity index (χ4v) is 2.96. The van der Waals surface area contributed by atoms with E-state index in [0.29, 0.717) is 11.5 Å². The van der Waals surface area contributed by atoms with E-state index in [2.05, 4.69) is 30.3 Å². The molecular weight excluding hydrogens is 288 g/mol. The summed E-state index contributed by atoms with van der Waals surface area (Å²) in [4.78, 5) is 0. The number of hydrogen-bond acceptors (Lipinski definition) is 3.